The lowest BCUT2D eigenvalue weighted by Crippen LogP contribution is -2.09. The Morgan fingerprint density at radius 3 is 2.65 bits per heavy atom. The minimum absolute atomic E-state index is 0.265. The molecule has 0 aliphatic heterocycles. The maximum atomic E-state index is 11.8. The third-order valence-corrected chi connectivity index (χ3v) is 2.72. The number of nitrogens with zero attached hydrogens (tertiary/aromatic N) is 1. The number of aromatic nitrogens is 1. The van der Waals surface area contributed by atoms with E-state index < -0.39 is 5.97 Å². The molecule has 2 rings (SSSR count). The molecule has 1 aromatic heterocycles. The largest absolute Gasteiger partial charge is 0.493 e. The van der Waals surface area contributed by atoms with Gasteiger partial charge in [-0.05, 0) is 23.7 Å². The van der Waals surface area contributed by atoms with Crippen molar-refractivity contribution >= 4 is 22.5 Å². The van der Waals surface area contributed by atoms with E-state index in [1.807, 2.05) is 0 Å². The second-order valence-electron chi connectivity index (χ2n) is 3.14. The summed E-state index contributed by atoms with van der Waals surface area (Å²) in [6.07, 6.45) is 1.39. The minimum Gasteiger partial charge on any atom is -0.493 e. The van der Waals surface area contributed by atoms with Crippen molar-refractivity contribution in [3.63, 3.8) is 0 Å². The Balaban J connectivity index is 2.22. The Morgan fingerprint density at radius 2 is 2.06 bits per heavy atom. The molecule has 0 bridgehead atoms. The molecule has 0 saturated carbocycles. The zero-order valence-electron chi connectivity index (χ0n) is 9.04. The number of anilines is 1. The number of nitrogens with two attached hydrogens (primary N) is 1. The quantitative estimate of drug-likeness (QED) is 0.665. The van der Waals surface area contributed by atoms with Crippen LogP contribution in [0.15, 0.2) is 30.5 Å². The molecule has 17 heavy (non-hydrogen) atoms. The van der Waals surface area contributed by atoms with E-state index in [0.29, 0.717) is 16.5 Å². The molecule has 0 atom stereocenters. The molecular weight excluding hydrogens is 240 g/mol. The molecule has 1 heterocycles. The summed E-state index contributed by atoms with van der Waals surface area (Å²) < 4.78 is 14.1. The number of carbonyl (C=O) groups is 1. The van der Waals surface area contributed by atoms with Crippen molar-refractivity contribution in [2.75, 3.05) is 12.8 Å². The fourth-order valence-corrected chi connectivity index (χ4v) is 1.77. The molecule has 2 aromatic rings. The molecule has 0 fully saturated rings. The molecule has 0 radical (unpaired) electrons. The van der Waals surface area contributed by atoms with E-state index in [1.165, 1.54) is 13.3 Å². The van der Waals surface area contributed by atoms with Crippen molar-refractivity contribution in [3.05, 3.63) is 36.0 Å². The number of hydrogen-bond acceptors (Lipinski definition) is 6. The van der Waals surface area contributed by atoms with Gasteiger partial charge in [0, 0.05) is 0 Å². The lowest BCUT2D eigenvalue weighted by molar-refractivity contribution is 0.0731. The highest BCUT2D eigenvalue weighted by Crippen LogP contribution is 2.27. The smallest absolute Gasteiger partial charge is 0.348 e. The van der Waals surface area contributed by atoms with E-state index in [0.717, 1.165) is 11.5 Å². The SMILES string of the molecule is COc1ccccc1OC(=O)c1cnsc1N. The Labute approximate surface area is 102 Å². The number of hydrogen-bond donors (Lipinski definition) is 1. The maximum absolute atomic E-state index is 11.8. The second-order valence-corrected chi connectivity index (χ2v) is 3.98. The summed E-state index contributed by atoms with van der Waals surface area (Å²) in [5, 5.41) is 0.338. The van der Waals surface area contributed by atoms with Gasteiger partial charge in [0.25, 0.3) is 0 Å². The van der Waals surface area contributed by atoms with Gasteiger partial charge in [0.05, 0.1) is 13.3 Å². The fraction of sp³-hybridized carbons (Fsp3) is 0.0909. The van der Waals surface area contributed by atoms with Gasteiger partial charge in [-0.2, -0.15) is 4.37 Å². The molecule has 0 aliphatic carbocycles. The van der Waals surface area contributed by atoms with Gasteiger partial charge in [-0.15, -0.1) is 0 Å². The number of para-hydroxylation sites is 2. The van der Waals surface area contributed by atoms with Crippen LogP contribution in [-0.2, 0) is 0 Å². The summed E-state index contributed by atoms with van der Waals surface area (Å²) >= 11 is 1.05. The highest BCUT2D eigenvalue weighted by molar-refractivity contribution is 7.10. The molecule has 1 aromatic carbocycles. The fourth-order valence-electron chi connectivity index (χ4n) is 1.26. The predicted molar refractivity (Wildman–Crippen MR) is 64.5 cm³/mol. The molecule has 6 heteroatoms. The first-order chi connectivity index (χ1) is 8.22. The average Bonchev–Trinajstić information content (AvgIpc) is 2.76. The van der Waals surface area contributed by atoms with E-state index in [4.69, 9.17) is 15.2 Å². The van der Waals surface area contributed by atoms with Gasteiger partial charge in [0.15, 0.2) is 11.5 Å². The van der Waals surface area contributed by atoms with Gasteiger partial charge in [-0.3, -0.25) is 0 Å². The summed E-state index contributed by atoms with van der Waals surface area (Å²) in [7, 11) is 1.51. The first-order valence-corrected chi connectivity index (χ1v) is 5.55. The van der Waals surface area contributed by atoms with Crippen molar-refractivity contribution in [3.8, 4) is 11.5 Å². The van der Waals surface area contributed by atoms with Gasteiger partial charge in [-0.25, -0.2) is 4.79 Å². The number of rotatable bonds is 3. The molecule has 2 N–H and O–H groups in total. The van der Waals surface area contributed by atoms with E-state index in [9.17, 15) is 4.79 Å². The highest BCUT2D eigenvalue weighted by atomic mass is 32.1. The Kier molecular flexibility index (Phi) is 3.24. The van der Waals surface area contributed by atoms with E-state index in [1.54, 1.807) is 24.3 Å². The van der Waals surface area contributed by atoms with Crippen molar-refractivity contribution in [2.45, 2.75) is 0 Å². The Bertz CT molecular complexity index is 539. The maximum Gasteiger partial charge on any atom is 0.348 e. The normalized spacial score (nSPS) is 9.94. The van der Waals surface area contributed by atoms with Crippen molar-refractivity contribution < 1.29 is 14.3 Å². The number of esters is 1. The minimum atomic E-state index is -0.541. The molecule has 0 saturated heterocycles. The molecular formula is C11H10N2O3S. The highest BCUT2D eigenvalue weighted by Gasteiger charge is 2.16. The van der Waals surface area contributed by atoms with Crippen LogP contribution in [0, 0.1) is 0 Å². The third kappa shape index (κ3) is 2.36. The van der Waals surface area contributed by atoms with E-state index in [2.05, 4.69) is 4.37 Å². The van der Waals surface area contributed by atoms with Crippen LogP contribution < -0.4 is 15.2 Å². The van der Waals surface area contributed by atoms with Gasteiger partial charge in [0.2, 0.25) is 0 Å². The van der Waals surface area contributed by atoms with E-state index in [-0.39, 0.29) is 5.56 Å². The molecule has 5 nitrogen and oxygen atoms in total. The average molecular weight is 250 g/mol. The van der Waals surface area contributed by atoms with Crippen LogP contribution in [0.2, 0.25) is 0 Å². The number of carbonyl (C=O) groups excluding carboxylic acids is 1. The molecule has 0 spiro atoms. The predicted octanol–water partition coefficient (Wildman–Crippen LogP) is 1.95. The standard InChI is InChI=1S/C11H10N2O3S/c1-15-8-4-2-3-5-9(8)16-11(14)7-6-13-17-10(7)12/h2-6H,12H2,1H3. The van der Waals surface area contributed by atoms with Gasteiger partial charge >= 0.3 is 5.97 Å². The van der Waals surface area contributed by atoms with Crippen molar-refractivity contribution in [2.24, 2.45) is 0 Å². The second kappa shape index (κ2) is 4.84. The number of nitrogen functional groups attached to an aromatic ring is 1. The molecule has 88 valence electrons. The zero-order chi connectivity index (χ0) is 12.3. The van der Waals surface area contributed by atoms with Crippen molar-refractivity contribution in [1.82, 2.24) is 4.37 Å². The van der Waals surface area contributed by atoms with E-state index >= 15 is 0 Å². The topological polar surface area (TPSA) is 74.4 Å². The van der Waals surface area contributed by atoms with Crippen LogP contribution in [0.25, 0.3) is 0 Å². The number of ether oxygens (including phenoxy) is 2. The lowest BCUT2D eigenvalue weighted by atomic mass is 10.3. The lowest BCUT2D eigenvalue weighted by Gasteiger charge is -2.07. The first-order valence-electron chi connectivity index (χ1n) is 4.77. The zero-order valence-corrected chi connectivity index (χ0v) is 9.86. The first kappa shape index (κ1) is 11.4. The molecule has 0 aliphatic rings. The van der Waals surface area contributed by atoms with Crippen molar-refractivity contribution in [1.29, 1.82) is 0 Å². The summed E-state index contributed by atoms with van der Waals surface area (Å²) in [6.45, 7) is 0. The molecule has 0 amide bonds. The van der Waals surface area contributed by atoms with Gasteiger partial charge in [-0.1, -0.05) is 12.1 Å². The van der Waals surface area contributed by atoms with Gasteiger partial charge in [0.1, 0.15) is 10.6 Å². The van der Waals surface area contributed by atoms with Crippen LogP contribution in [-0.4, -0.2) is 17.5 Å². The summed E-state index contributed by atoms with van der Waals surface area (Å²) in [5.41, 5.74) is 5.85. The van der Waals surface area contributed by atoms with Crippen LogP contribution in [0.4, 0.5) is 5.00 Å². The number of benzene rings is 1. The third-order valence-electron chi connectivity index (χ3n) is 2.09. The summed E-state index contributed by atoms with van der Waals surface area (Å²) in [6, 6.07) is 6.89. The summed E-state index contributed by atoms with van der Waals surface area (Å²) in [4.78, 5) is 11.8. The van der Waals surface area contributed by atoms with Crippen LogP contribution in [0.3, 0.4) is 0 Å². The Hall–Kier alpha value is -2.08. The summed E-state index contributed by atoms with van der Waals surface area (Å²) in [5.74, 6) is 0.300. The van der Waals surface area contributed by atoms with Crippen LogP contribution in [0.5, 0.6) is 11.5 Å². The monoisotopic (exact) mass is 250 g/mol. The Morgan fingerprint density at radius 1 is 1.35 bits per heavy atom. The number of methoxy groups -OCH3 is 1. The van der Waals surface area contributed by atoms with Gasteiger partial charge < -0.3 is 15.2 Å². The molecule has 0 unspecified atom stereocenters. The van der Waals surface area contributed by atoms with Crippen LogP contribution in [0.1, 0.15) is 10.4 Å². The van der Waals surface area contributed by atoms with Crippen LogP contribution >= 0.6 is 11.5 Å².